The Balaban J connectivity index is 1.73. The van der Waals surface area contributed by atoms with Crippen molar-refractivity contribution in [1.82, 2.24) is 14.9 Å². The molecular formula is C15H20N4O. The standard InChI is InChI=1S/C15H20N4O/c1-2-17-14-6-4-13(5-7-14)15(20)18-8-3-10-19-11-9-16-12-19/h4-7,9,11-12,17H,2-3,8,10H2,1H3,(H,18,20). The molecule has 0 saturated heterocycles. The fourth-order valence-electron chi connectivity index (χ4n) is 1.93. The molecule has 0 fully saturated rings. The van der Waals surface area contributed by atoms with Gasteiger partial charge in [0.05, 0.1) is 6.33 Å². The second-order valence-corrected chi connectivity index (χ2v) is 4.52. The van der Waals surface area contributed by atoms with Gasteiger partial charge in [-0.1, -0.05) is 0 Å². The molecule has 2 N–H and O–H groups in total. The Kier molecular flexibility index (Phi) is 5.17. The van der Waals surface area contributed by atoms with E-state index in [0.717, 1.165) is 25.2 Å². The highest BCUT2D eigenvalue weighted by atomic mass is 16.1. The summed E-state index contributed by atoms with van der Waals surface area (Å²) in [6, 6.07) is 7.51. The van der Waals surface area contributed by atoms with Crippen molar-refractivity contribution in [3.05, 3.63) is 48.5 Å². The third kappa shape index (κ3) is 4.12. The summed E-state index contributed by atoms with van der Waals surface area (Å²) in [5, 5.41) is 6.12. The quantitative estimate of drug-likeness (QED) is 0.759. The Morgan fingerprint density at radius 2 is 2.10 bits per heavy atom. The van der Waals surface area contributed by atoms with Gasteiger partial charge in [-0.05, 0) is 37.6 Å². The lowest BCUT2D eigenvalue weighted by Gasteiger charge is -2.07. The number of benzene rings is 1. The van der Waals surface area contributed by atoms with Crippen molar-refractivity contribution in [1.29, 1.82) is 0 Å². The topological polar surface area (TPSA) is 59.0 Å². The largest absolute Gasteiger partial charge is 0.385 e. The molecule has 0 atom stereocenters. The van der Waals surface area contributed by atoms with E-state index < -0.39 is 0 Å². The summed E-state index contributed by atoms with van der Waals surface area (Å²) in [5.41, 5.74) is 1.72. The number of carbonyl (C=O) groups excluding carboxylic acids is 1. The molecule has 2 aromatic rings. The van der Waals surface area contributed by atoms with Gasteiger partial charge in [-0.25, -0.2) is 4.98 Å². The summed E-state index contributed by atoms with van der Waals surface area (Å²) in [6.07, 6.45) is 6.34. The lowest BCUT2D eigenvalue weighted by molar-refractivity contribution is 0.0953. The normalized spacial score (nSPS) is 10.2. The molecule has 0 saturated carbocycles. The summed E-state index contributed by atoms with van der Waals surface area (Å²) < 4.78 is 2.00. The third-order valence-corrected chi connectivity index (χ3v) is 2.97. The minimum atomic E-state index is -0.0290. The van der Waals surface area contributed by atoms with Crippen LogP contribution in [-0.4, -0.2) is 28.5 Å². The van der Waals surface area contributed by atoms with Crippen molar-refractivity contribution in [2.75, 3.05) is 18.4 Å². The highest BCUT2D eigenvalue weighted by molar-refractivity contribution is 5.94. The van der Waals surface area contributed by atoms with Crippen molar-refractivity contribution < 1.29 is 4.79 Å². The minimum Gasteiger partial charge on any atom is -0.385 e. The number of aromatic nitrogens is 2. The van der Waals surface area contributed by atoms with Gasteiger partial charge in [-0.2, -0.15) is 0 Å². The molecule has 0 unspecified atom stereocenters. The van der Waals surface area contributed by atoms with Crippen LogP contribution >= 0.6 is 0 Å². The van der Waals surface area contributed by atoms with E-state index in [1.54, 1.807) is 12.5 Å². The number of hydrogen-bond donors (Lipinski definition) is 2. The zero-order valence-electron chi connectivity index (χ0n) is 11.7. The average molecular weight is 272 g/mol. The Labute approximate surface area is 119 Å². The second-order valence-electron chi connectivity index (χ2n) is 4.52. The minimum absolute atomic E-state index is 0.0290. The molecule has 0 spiro atoms. The number of nitrogens with one attached hydrogen (secondary N) is 2. The fraction of sp³-hybridized carbons (Fsp3) is 0.333. The first-order valence-corrected chi connectivity index (χ1v) is 6.87. The van der Waals surface area contributed by atoms with Crippen molar-refractivity contribution >= 4 is 11.6 Å². The van der Waals surface area contributed by atoms with Crippen LogP contribution in [0.4, 0.5) is 5.69 Å². The summed E-state index contributed by atoms with van der Waals surface area (Å²) in [7, 11) is 0. The maximum atomic E-state index is 11.9. The van der Waals surface area contributed by atoms with Gasteiger partial charge < -0.3 is 15.2 Å². The molecule has 1 aromatic heterocycles. The maximum absolute atomic E-state index is 11.9. The SMILES string of the molecule is CCNc1ccc(C(=O)NCCCn2ccnc2)cc1. The third-order valence-electron chi connectivity index (χ3n) is 2.97. The molecule has 20 heavy (non-hydrogen) atoms. The number of nitrogens with zero attached hydrogens (tertiary/aromatic N) is 2. The first kappa shape index (κ1) is 14.1. The zero-order chi connectivity index (χ0) is 14.2. The van der Waals surface area contributed by atoms with Crippen molar-refractivity contribution in [2.45, 2.75) is 19.9 Å². The van der Waals surface area contributed by atoms with Crippen LogP contribution in [0.15, 0.2) is 43.0 Å². The number of amides is 1. The highest BCUT2D eigenvalue weighted by Gasteiger charge is 2.04. The summed E-state index contributed by atoms with van der Waals surface area (Å²) in [4.78, 5) is 15.9. The molecule has 5 heteroatoms. The lowest BCUT2D eigenvalue weighted by Crippen LogP contribution is -2.25. The Hall–Kier alpha value is -2.30. The number of carbonyl (C=O) groups is 1. The Bertz CT molecular complexity index is 519. The van der Waals surface area contributed by atoms with E-state index in [1.165, 1.54) is 0 Å². The van der Waals surface area contributed by atoms with Crippen molar-refractivity contribution in [3.8, 4) is 0 Å². The van der Waals surface area contributed by atoms with Crippen LogP contribution in [0, 0.1) is 0 Å². The Morgan fingerprint density at radius 3 is 2.75 bits per heavy atom. The Morgan fingerprint density at radius 1 is 1.30 bits per heavy atom. The monoisotopic (exact) mass is 272 g/mol. The summed E-state index contributed by atoms with van der Waals surface area (Å²) >= 11 is 0. The predicted octanol–water partition coefficient (Wildman–Crippen LogP) is 2.13. The van der Waals surface area contributed by atoms with Gasteiger partial charge in [0, 0.05) is 43.3 Å². The van der Waals surface area contributed by atoms with Gasteiger partial charge in [0.2, 0.25) is 0 Å². The van der Waals surface area contributed by atoms with E-state index in [2.05, 4.69) is 15.6 Å². The molecular weight excluding hydrogens is 252 g/mol. The van der Waals surface area contributed by atoms with Crippen molar-refractivity contribution in [2.24, 2.45) is 0 Å². The van der Waals surface area contributed by atoms with E-state index in [1.807, 2.05) is 42.0 Å². The van der Waals surface area contributed by atoms with E-state index in [4.69, 9.17) is 0 Å². The number of aryl methyl sites for hydroxylation is 1. The van der Waals surface area contributed by atoms with Gasteiger partial charge in [0.25, 0.3) is 5.91 Å². The first-order chi connectivity index (χ1) is 9.79. The molecule has 1 amide bonds. The van der Waals surface area contributed by atoms with E-state index in [-0.39, 0.29) is 5.91 Å². The number of hydrogen-bond acceptors (Lipinski definition) is 3. The van der Waals surface area contributed by atoms with Gasteiger partial charge in [-0.3, -0.25) is 4.79 Å². The van der Waals surface area contributed by atoms with Gasteiger partial charge in [0.1, 0.15) is 0 Å². The van der Waals surface area contributed by atoms with Crippen LogP contribution in [0.2, 0.25) is 0 Å². The van der Waals surface area contributed by atoms with Gasteiger partial charge in [-0.15, -0.1) is 0 Å². The fourth-order valence-corrected chi connectivity index (χ4v) is 1.93. The van der Waals surface area contributed by atoms with Crippen LogP contribution in [-0.2, 0) is 6.54 Å². The number of imidazole rings is 1. The molecule has 0 aliphatic rings. The number of anilines is 1. The zero-order valence-corrected chi connectivity index (χ0v) is 11.7. The molecule has 0 aliphatic heterocycles. The molecule has 0 aliphatic carbocycles. The van der Waals surface area contributed by atoms with Crippen LogP contribution in [0.25, 0.3) is 0 Å². The van der Waals surface area contributed by atoms with Gasteiger partial charge >= 0.3 is 0 Å². The predicted molar refractivity (Wildman–Crippen MR) is 79.8 cm³/mol. The summed E-state index contributed by atoms with van der Waals surface area (Å²) in [6.45, 7) is 4.44. The van der Waals surface area contributed by atoms with E-state index >= 15 is 0 Å². The van der Waals surface area contributed by atoms with Crippen molar-refractivity contribution in [3.63, 3.8) is 0 Å². The smallest absolute Gasteiger partial charge is 0.251 e. The molecule has 1 aromatic carbocycles. The molecule has 106 valence electrons. The van der Waals surface area contributed by atoms with Crippen LogP contribution in [0.1, 0.15) is 23.7 Å². The highest BCUT2D eigenvalue weighted by Crippen LogP contribution is 2.09. The molecule has 0 bridgehead atoms. The second kappa shape index (κ2) is 7.33. The number of rotatable bonds is 7. The van der Waals surface area contributed by atoms with E-state index in [9.17, 15) is 4.79 Å². The lowest BCUT2D eigenvalue weighted by atomic mass is 10.2. The van der Waals surface area contributed by atoms with Crippen LogP contribution < -0.4 is 10.6 Å². The maximum Gasteiger partial charge on any atom is 0.251 e. The molecule has 2 rings (SSSR count). The van der Waals surface area contributed by atoms with Crippen LogP contribution in [0.5, 0.6) is 0 Å². The molecule has 5 nitrogen and oxygen atoms in total. The average Bonchev–Trinajstić information content (AvgIpc) is 2.98. The van der Waals surface area contributed by atoms with Crippen LogP contribution in [0.3, 0.4) is 0 Å². The summed E-state index contributed by atoms with van der Waals surface area (Å²) in [5.74, 6) is -0.0290. The van der Waals surface area contributed by atoms with E-state index in [0.29, 0.717) is 12.1 Å². The molecule has 1 heterocycles. The molecule has 0 radical (unpaired) electrons. The first-order valence-electron chi connectivity index (χ1n) is 6.87. The van der Waals surface area contributed by atoms with Gasteiger partial charge in [0.15, 0.2) is 0 Å².